The van der Waals surface area contributed by atoms with Crippen LogP contribution in [0.5, 0.6) is 0 Å². The number of H-pyrrole nitrogens is 1. The van der Waals surface area contributed by atoms with Crippen LogP contribution < -0.4 is 0 Å². The number of nitrogens with zero attached hydrogens (tertiary/aromatic N) is 3. The molecule has 1 fully saturated rings. The van der Waals surface area contributed by atoms with Gasteiger partial charge in [-0.25, -0.2) is 4.98 Å². The number of thiophene rings is 1. The number of furan rings is 1. The molecule has 1 unspecified atom stereocenters. The summed E-state index contributed by atoms with van der Waals surface area (Å²) in [4.78, 5) is 8.48. The van der Waals surface area contributed by atoms with E-state index in [1.165, 1.54) is 11.3 Å². The lowest BCUT2D eigenvalue weighted by Crippen LogP contribution is -2.34. The summed E-state index contributed by atoms with van der Waals surface area (Å²) in [7, 11) is 0. The first-order valence-corrected chi connectivity index (χ1v) is 8.93. The fraction of sp³-hybridized carbons (Fsp3) is 0.412. The Morgan fingerprint density at radius 2 is 2.35 bits per heavy atom. The van der Waals surface area contributed by atoms with Crippen LogP contribution in [-0.2, 0) is 13.0 Å². The number of hydrogen-bond acceptors (Lipinski definition) is 5. The summed E-state index contributed by atoms with van der Waals surface area (Å²) in [6.07, 6.45) is 4.92. The highest BCUT2D eigenvalue weighted by molar-refractivity contribution is 7.09. The van der Waals surface area contributed by atoms with E-state index in [0.717, 1.165) is 49.9 Å². The van der Waals surface area contributed by atoms with Gasteiger partial charge in [-0.2, -0.15) is 5.10 Å². The maximum Gasteiger partial charge on any atom is 0.155 e. The molecule has 120 valence electrons. The molecule has 0 aromatic carbocycles. The zero-order valence-electron chi connectivity index (χ0n) is 12.9. The van der Waals surface area contributed by atoms with Crippen LogP contribution in [0.2, 0.25) is 0 Å². The van der Waals surface area contributed by atoms with Crippen LogP contribution in [0.15, 0.2) is 40.3 Å². The first kappa shape index (κ1) is 14.7. The lowest BCUT2D eigenvalue weighted by molar-refractivity contribution is 0.183. The zero-order valence-corrected chi connectivity index (χ0v) is 13.8. The second-order valence-electron chi connectivity index (χ2n) is 6.05. The van der Waals surface area contributed by atoms with E-state index >= 15 is 0 Å². The van der Waals surface area contributed by atoms with Crippen molar-refractivity contribution in [2.75, 3.05) is 13.1 Å². The molecular formula is C17H20N4OS. The summed E-state index contributed by atoms with van der Waals surface area (Å²) >= 11 is 1.76. The number of hydrogen-bond donors (Lipinski definition) is 1. The lowest BCUT2D eigenvalue weighted by atomic mass is 9.97. The maximum absolute atomic E-state index is 5.46. The van der Waals surface area contributed by atoms with E-state index < -0.39 is 0 Å². The number of likely N-dealkylation sites (tertiary alicyclic amines) is 1. The summed E-state index contributed by atoms with van der Waals surface area (Å²) in [5.74, 6) is 3.36. The predicted molar refractivity (Wildman–Crippen MR) is 89.5 cm³/mol. The van der Waals surface area contributed by atoms with E-state index in [1.54, 1.807) is 17.6 Å². The van der Waals surface area contributed by atoms with Gasteiger partial charge in [-0.3, -0.25) is 10.00 Å². The minimum absolute atomic E-state index is 0.409. The summed E-state index contributed by atoms with van der Waals surface area (Å²) in [6, 6.07) is 8.20. The van der Waals surface area contributed by atoms with Gasteiger partial charge in [0.15, 0.2) is 5.82 Å². The number of aromatic nitrogens is 3. The van der Waals surface area contributed by atoms with Gasteiger partial charge in [0.2, 0.25) is 0 Å². The summed E-state index contributed by atoms with van der Waals surface area (Å²) < 4.78 is 5.46. The fourth-order valence-corrected chi connectivity index (χ4v) is 3.89. The Morgan fingerprint density at radius 3 is 3.17 bits per heavy atom. The molecule has 6 heteroatoms. The molecule has 3 aromatic rings. The SMILES string of the molecule is c1coc(CN2CCCC(c3n[nH]c(Cc4cccs4)n3)C2)c1. The quantitative estimate of drug-likeness (QED) is 0.779. The molecule has 4 rings (SSSR count). The first-order valence-electron chi connectivity index (χ1n) is 8.05. The predicted octanol–water partition coefficient (Wildman–Crippen LogP) is 3.43. The van der Waals surface area contributed by atoms with Crippen LogP contribution in [0.25, 0.3) is 0 Å². The molecular weight excluding hydrogens is 308 g/mol. The third kappa shape index (κ3) is 3.54. The van der Waals surface area contributed by atoms with Crippen LogP contribution >= 0.6 is 11.3 Å². The standard InChI is InChI=1S/C17H20N4OS/c1-4-13(11-21(7-1)12-14-5-2-8-22-14)17-18-16(19-20-17)10-15-6-3-9-23-15/h2-3,5-6,8-9,13H,1,4,7,10-12H2,(H,18,19,20). The Balaban J connectivity index is 1.40. The number of nitrogens with one attached hydrogen (secondary N) is 1. The molecule has 0 spiro atoms. The molecule has 3 aromatic heterocycles. The monoisotopic (exact) mass is 328 g/mol. The smallest absolute Gasteiger partial charge is 0.155 e. The normalized spacial score (nSPS) is 19.2. The Labute approximate surface area is 139 Å². The Morgan fingerprint density at radius 1 is 1.35 bits per heavy atom. The molecule has 0 bridgehead atoms. The molecule has 1 atom stereocenters. The highest BCUT2D eigenvalue weighted by atomic mass is 32.1. The molecule has 1 aliphatic heterocycles. The largest absolute Gasteiger partial charge is 0.468 e. The van der Waals surface area contributed by atoms with Crippen molar-refractivity contribution in [1.82, 2.24) is 20.1 Å². The molecule has 0 aliphatic carbocycles. The molecule has 0 amide bonds. The van der Waals surface area contributed by atoms with Gasteiger partial charge in [-0.15, -0.1) is 11.3 Å². The fourth-order valence-electron chi connectivity index (χ4n) is 3.18. The van der Waals surface area contributed by atoms with Crippen LogP contribution in [-0.4, -0.2) is 33.2 Å². The molecule has 5 nitrogen and oxygen atoms in total. The Kier molecular flexibility index (Phi) is 4.26. The Hall–Kier alpha value is -1.92. The van der Waals surface area contributed by atoms with Crippen molar-refractivity contribution < 1.29 is 4.42 Å². The number of rotatable bonds is 5. The van der Waals surface area contributed by atoms with Crippen LogP contribution in [0.4, 0.5) is 0 Å². The van der Waals surface area contributed by atoms with E-state index in [4.69, 9.17) is 9.40 Å². The van der Waals surface area contributed by atoms with Crippen molar-refractivity contribution in [3.63, 3.8) is 0 Å². The van der Waals surface area contributed by atoms with Crippen molar-refractivity contribution in [1.29, 1.82) is 0 Å². The van der Waals surface area contributed by atoms with Crippen LogP contribution in [0.1, 0.15) is 41.0 Å². The van der Waals surface area contributed by atoms with E-state index in [0.29, 0.717) is 5.92 Å². The van der Waals surface area contributed by atoms with E-state index in [9.17, 15) is 0 Å². The van der Waals surface area contributed by atoms with Gasteiger partial charge in [-0.05, 0) is 43.0 Å². The van der Waals surface area contributed by atoms with Crippen molar-refractivity contribution in [3.8, 4) is 0 Å². The molecule has 4 heterocycles. The van der Waals surface area contributed by atoms with E-state index in [2.05, 4.69) is 32.6 Å². The first-order chi connectivity index (χ1) is 11.4. The average molecular weight is 328 g/mol. The van der Waals surface area contributed by atoms with Gasteiger partial charge < -0.3 is 4.42 Å². The van der Waals surface area contributed by atoms with Crippen molar-refractivity contribution in [2.45, 2.75) is 31.7 Å². The third-order valence-corrected chi connectivity index (χ3v) is 5.18. The third-order valence-electron chi connectivity index (χ3n) is 4.30. The van der Waals surface area contributed by atoms with Gasteiger partial charge >= 0.3 is 0 Å². The second-order valence-corrected chi connectivity index (χ2v) is 7.08. The van der Waals surface area contributed by atoms with Crippen molar-refractivity contribution in [2.24, 2.45) is 0 Å². The second kappa shape index (κ2) is 6.68. The average Bonchev–Trinajstić information content (AvgIpc) is 3.30. The molecule has 1 N–H and O–H groups in total. The Bertz CT molecular complexity index is 720. The molecule has 0 radical (unpaired) electrons. The summed E-state index contributed by atoms with van der Waals surface area (Å²) in [5, 5.41) is 9.68. The zero-order chi connectivity index (χ0) is 15.5. The molecule has 1 aliphatic rings. The summed E-state index contributed by atoms with van der Waals surface area (Å²) in [5.41, 5.74) is 0. The summed E-state index contributed by atoms with van der Waals surface area (Å²) in [6.45, 7) is 2.98. The van der Waals surface area contributed by atoms with Crippen LogP contribution in [0.3, 0.4) is 0 Å². The van der Waals surface area contributed by atoms with Crippen molar-refractivity contribution >= 4 is 11.3 Å². The highest BCUT2D eigenvalue weighted by Gasteiger charge is 2.25. The minimum Gasteiger partial charge on any atom is -0.468 e. The lowest BCUT2D eigenvalue weighted by Gasteiger charge is -2.30. The van der Waals surface area contributed by atoms with Gasteiger partial charge in [-0.1, -0.05) is 6.07 Å². The van der Waals surface area contributed by atoms with Crippen LogP contribution in [0, 0.1) is 0 Å². The van der Waals surface area contributed by atoms with Gasteiger partial charge in [0, 0.05) is 23.8 Å². The highest BCUT2D eigenvalue weighted by Crippen LogP contribution is 2.26. The molecule has 1 saturated heterocycles. The minimum atomic E-state index is 0.409. The van der Waals surface area contributed by atoms with Gasteiger partial charge in [0.25, 0.3) is 0 Å². The molecule has 0 saturated carbocycles. The number of aromatic amines is 1. The maximum atomic E-state index is 5.46. The van der Waals surface area contributed by atoms with Gasteiger partial charge in [0.05, 0.1) is 12.8 Å². The van der Waals surface area contributed by atoms with E-state index in [-0.39, 0.29) is 0 Å². The topological polar surface area (TPSA) is 58.0 Å². The van der Waals surface area contributed by atoms with E-state index in [1.807, 2.05) is 12.1 Å². The van der Waals surface area contributed by atoms with Gasteiger partial charge in [0.1, 0.15) is 11.6 Å². The van der Waals surface area contributed by atoms with Crippen molar-refractivity contribution in [3.05, 3.63) is 58.2 Å². The number of piperidine rings is 1. The molecule has 23 heavy (non-hydrogen) atoms.